The fourth-order valence-corrected chi connectivity index (χ4v) is 1.87. The standard InChI is InChI=1S/C12H22O4.C4H10O2/c13-11(14)9-7-5-3-1-2-4-6-8-10-12(15)16;1-2-3-4(5)6/h1-10H2,(H,13,14)(H,15,16);4-6H,2-3H2,1H3. The molecule has 0 aliphatic carbocycles. The maximum atomic E-state index is 10.2. The first kappa shape index (κ1) is 23.1. The van der Waals surface area contributed by atoms with Crippen molar-refractivity contribution < 1.29 is 30.0 Å². The summed E-state index contributed by atoms with van der Waals surface area (Å²) in [6.07, 6.45) is 8.73. The van der Waals surface area contributed by atoms with Gasteiger partial charge in [0.1, 0.15) is 0 Å². The van der Waals surface area contributed by atoms with E-state index in [4.69, 9.17) is 20.4 Å². The van der Waals surface area contributed by atoms with Gasteiger partial charge in [0.2, 0.25) is 0 Å². The molecule has 0 amide bonds. The van der Waals surface area contributed by atoms with Gasteiger partial charge in [-0.25, -0.2) is 0 Å². The quantitative estimate of drug-likeness (QED) is 0.306. The summed E-state index contributed by atoms with van der Waals surface area (Å²) >= 11 is 0. The largest absolute Gasteiger partial charge is 0.481 e. The third-order valence-corrected chi connectivity index (χ3v) is 3.08. The van der Waals surface area contributed by atoms with Crippen LogP contribution in [0.2, 0.25) is 0 Å². The van der Waals surface area contributed by atoms with Crippen LogP contribution in [-0.2, 0) is 9.59 Å². The SMILES string of the molecule is CCCC(O)O.O=C(O)CCCCCCCCCCC(=O)O. The molecule has 0 radical (unpaired) electrons. The van der Waals surface area contributed by atoms with Gasteiger partial charge >= 0.3 is 11.9 Å². The topological polar surface area (TPSA) is 115 Å². The van der Waals surface area contributed by atoms with Gasteiger partial charge in [-0.3, -0.25) is 9.59 Å². The van der Waals surface area contributed by atoms with Gasteiger partial charge in [-0.05, 0) is 19.3 Å². The molecule has 0 unspecified atom stereocenters. The third-order valence-electron chi connectivity index (χ3n) is 3.08. The summed E-state index contributed by atoms with van der Waals surface area (Å²) < 4.78 is 0. The Balaban J connectivity index is 0. The van der Waals surface area contributed by atoms with Crippen LogP contribution in [0.25, 0.3) is 0 Å². The zero-order chi connectivity index (χ0) is 17.2. The van der Waals surface area contributed by atoms with Gasteiger partial charge in [0.25, 0.3) is 0 Å². The summed E-state index contributed by atoms with van der Waals surface area (Å²) in [5.41, 5.74) is 0. The Kier molecular flexibility index (Phi) is 18.8. The molecule has 0 spiro atoms. The fraction of sp³-hybridized carbons (Fsp3) is 0.875. The number of carbonyl (C=O) groups is 2. The molecule has 4 N–H and O–H groups in total. The van der Waals surface area contributed by atoms with E-state index in [-0.39, 0.29) is 12.8 Å². The van der Waals surface area contributed by atoms with Crippen molar-refractivity contribution in [1.29, 1.82) is 0 Å². The molecule has 0 rings (SSSR count). The first-order valence-corrected chi connectivity index (χ1v) is 8.19. The molecule has 0 heterocycles. The lowest BCUT2D eigenvalue weighted by Gasteiger charge is -2.00. The summed E-state index contributed by atoms with van der Waals surface area (Å²) in [7, 11) is 0. The molecule has 0 aliphatic rings. The van der Waals surface area contributed by atoms with Crippen molar-refractivity contribution in [3.05, 3.63) is 0 Å². The molecule has 132 valence electrons. The summed E-state index contributed by atoms with van der Waals surface area (Å²) in [6, 6.07) is 0. The molecule has 0 atom stereocenters. The number of aliphatic hydroxyl groups excluding tert-OH is 1. The third kappa shape index (κ3) is 27.2. The van der Waals surface area contributed by atoms with Crippen LogP contribution in [0.1, 0.15) is 84.0 Å². The maximum Gasteiger partial charge on any atom is 0.303 e. The normalized spacial score (nSPS) is 10.2. The van der Waals surface area contributed by atoms with Gasteiger partial charge in [-0.15, -0.1) is 0 Å². The minimum Gasteiger partial charge on any atom is -0.481 e. The minimum atomic E-state index is -1.10. The molecular weight excluding hydrogens is 288 g/mol. The number of aliphatic hydroxyl groups is 2. The van der Waals surface area contributed by atoms with E-state index in [0.717, 1.165) is 57.8 Å². The van der Waals surface area contributed by atoms with E-state index >= 15 is 0 Å². The number of rotatable bonds is 13. The number of unbranched alkanes of at least 4 members (excludes halogenated alkanes) is 7. The number of carboxylic acid groups (broad SMARTS) is 2. The number of hydrogen-bond donors (Lipinski definition) is 4. The average Bonchev–Trinajstić information content (AvgIpc) is 2.40. The lowest BCUT2D eigenvalue weighted by molar-refractivity contribution is -0.138. The Hall–Kier alpha value is -1.14. The summed E-state index contributed by atoms with van der Waals surface area (Å²) in [5, 5.41) is 33.0. The van der Waals surface area contributed by atoms with Gasteiger partial charge in [-0.2, -0.15) is 0 Å². The Morgan fingerprint density at radius 3 is 1.23 bits per heavy atom. The second kappa shape index (κ2) is 17.9. The van der Waals surface area contributed by atoms with E-state index in [1.165, 1.54) is 0 Å². The molecule has 0 aromatic rings. The number of hydrogen-bond acceptors (Lipinski definition) is 4. The molecule has 6 heteroatoms. The predicted octanol–water partition coefficient (Wildman–Crippen LogP) is 3.15. The maximum absolute atomic E-state index is 10.2. The van der Waals surface area contributed by atoms with Gasteiger partial charge in [0.05, 0.1) is 0 Å². The van der Waals surface area contributed by atoms with Gasteiger partial charge in [0.15, 0.2) is 6.29 Å². The molecule has 0 aliphatic heterocycles. The van der Waals surface area contributed by atoms with Crippen molar-refractivity contribution in [2.24, 2.45) is 0 Å². The molecule has 0 aromatic heterocycles. The summed E-state index contributed by atoms with van der Waals surface area (Å²) in [5.74, 6) is -1.43. The molecule has 6 nitrogen and oxygen atoms in total. The molecular formula is C16H32O6. The van der Waals surface area contributed by atoms with Crippen LogP contribution in [0.4, 0.5) is 0 Å². The predicted molar refractivity (Wildman–Crippen MR) is 84.6 cm³/mol. The summed E-state index contributed by atoms with van der Waals surface area (Å²) in [6.45, 7) is 1.90. The lowest BCUT2D eigenvalue weighted by atomic mass is 10.1. The smallest absolute Gasteiger partial charge is 0.303 e. The van der Waals surface area contributed by atoms with E-state index in [2.05, 4.69) is 0 Å². The second-order valence-electron chi connectivity index (χ2n) is 5.39. The minimum absolute atomic E-state index is 0.276. The van der Waals surface area contributed by atoms with Crippen molar-refractivity contribution in [2.75, 3.05) is 0 Å². The van der Waals surface area contributed by atoms with E-state index in [9.17, 15) is 9.59 Å². The average molecular weight is 320 g/mol. The highest BCUT2D eigenvalue weighted by Crippen LogP contribution is 2.10. The Bertz CT molecular complexity index is 243. The summed E-state index contributed by atoms with van der Waals surface area (Å²) in [4.78, 5) is 20.4. The van der Waals surface area contributed by atoms with Crippen LogP contribution >= 0.6 is 0 Å². The molecule has 22 heavy (non-hydrogen) atoms. The number of aliphatic carboxylic acids is 2. The first-order chi connectivity index (χ1) is 10.4. The van der Waals surface area contributed by atoms with Gasteiger partial charge in [0, 0.05) is 12.8 Å². The van der Waals surface area contributed by atoms with E-state index in [1.807, 2.05) is 6.92 Å². The fourth-order valence-electron chi connectivity index (χ4n) is 1.87. The Morgan fingerprint density at radius 2 is 1.05 bits per heavy atom. The Morgan fingerprint density at radius 1 is 0.727 bits per heavy atom. The number of carboxylic acids is 2. The highest BCUT2D eigenvalue weighted by molar-refractivity contribution is 5.66. The molecule has 0 fully saturated rings. The molecule has 0 saturated carbocycles. The lowest BCUT2D eigenvalue weighted by Crippen LogP contribution is -2.01. The van der Waals surface area contributed by atoms with Crippen LogP contribution in [0.15, 0.2) is 0 Å². The van der Waals surface area contributed by atoms with E-state index < -0.39 is 18.2 Å². The first-order valence-electron chi connectivity index (χ1n) is 8.19. The molecule has 0 bridgehead atoms. The van der Waals surface area contributed by atoms with E-state index in [0.29, 0.717) is 6.42 Å². The van der Waals surface area contributed by atoms with Crippen LogP contribution in [0.5, 0.6) is 0 Å². The Labute approximate surface area is 133 Å². The van der Waals surface area contributed by atoms with E-state index in [1.54, 1.807) is 0 Å². The highest BCUT2D eigenvalue weighted by Gasteiger charge is 1.98. The van der Waals surface area contributed by atoms with Crippen molar-refractivity contribution in [3.8, 4) is 0 Å². The second-order valence-corrected chi connectivity index (χ2v) is 5.39. The van der Waals surface area contributed by atoms with Crippen LogP contribution in [0, 0.1) is 0 Å². The van der Waals surface area contributed by atoms with Crippen molar-refractivity contribution in [3.63, 3.8) is 0 Å². The van der Waals surface area contributed by atoms with Crippen LogP contribution < -0.4 is 0 Å². The van der Waals surface area contributed by atoms with Gasteiger partial charge < -0.3 is 20.4 Å². The van der Waals surface area contributed by atoms with Crippen LogP contribution in [-0.4, -0.2) is 38.7 Å². The molecule has 0 saturated heterocycles. The highest BCUT2D eigenvalue weighted by atomic mass is 16.5. The van der Waals surface area contributed by atoms with Crippen molar-refractivity contribution >= 4 is 11.9 Å². The monoisotopic (exact) mass is 320 g/mol. The zero-order valence-electron chi connectivity index (χ0n) is 13.7. The van der Waals surface area contributed by atoms with Crippen molar-refractivity contribution in [1.82, 2.24) is 0 Å². The zero-order valence-corrected chi connectivity index (χ0v) is 13.7. The molecule has 0 aromatic carbocycles. The van der Waals surface area contributed by atoms with Gasteiger partial charge in [-0.1, -0.05) is 51.9 Å². The van der Waals surface area contributed by atoms with Crippen LogP contribution in [0.3, 0.4) is 0 Å². The van der Waals surface area contributed by atoms with Crippen molar-refractivity contribution in [2.45, 2.75) is 90.3 Å².